The minimum absolute atomic E-state index is 0.279. The Labute approximate surface area is 142 Å². The van der Waals surface area contributed by atoms with Gasteiger partial charge in [0.05, 0.1) is 12.2 Å². The Bertz CT molecular complexity index is 1070. The van der Waals surface area contributed by atoms with Crippen molar-refractivity contribution in [1.29, 1.82) is 0 Å². The molecule has 0 spiro atoms. The molecule has 0 unspecified atom stereocenters. The molecular formula is C17H18N4O4. The number of H-pyrrole nitrogens is 1. The van der Waals surface area contributed by atoms with Crippen molar-refractivity contribution in [3.63, 3.8) is 0 Å². The van der Waals surface area contributed by atoms with Crippen LogP contribution in [0.4, 0.5) is 0 Å². The van der Waals surface area contributed by atoms with E-state index in [1.165, 1.54) is 11.6 Å². The third kappa shape index (κ3) is 2.98. The van der Waals surface area contributed by atoms with Crippen molar-refractivity contribution in [2.75, 3.05) is 6.61 Å². The number of aromatic amines is 1. The van der Waals surface area contributed by atoms with E-state index < -0.39 is 11.2 Å². The maximum Gasteiger partial charge on any atom is 0.338 e. The first-order chi connectivity index (χ1) is 11.9. The van der Waals surface area contributed by atoms with Crippen LogP contribution in [0.3, 0.4) is 0 Å². The number of imidazole rings is 1. The second-order valence-electron chi connectivity index (χ2n) is 5.69. The van der Waals surface area contributed by atoms with E-state index in [4.69, 9.17) is 4.74 Å². The number of hydrogen-bond donors (Lipinski definition) is 1. The van der Waals surface area contributed by atoms with Gasteiger partial charge in [-0.1, -0.05) is 12.1 Å². The predicted octanol–water partition coefficient (Wildman–Crippen LogP) is 0.728. The molecule has 2 heterocycles. The molecule has 0 aliphatic rings. The average molecular weight is 342 g/mol. The van der Waals surface area contributed by atoms with E-state index in [0.717, 1.165) is 10.1 Å². The Morgan fingerprint density at radius 1 is 1.24 bits per heavy atom. The number of benzene rings is 1. The van der Waals surface area contributed by atoms with E-state index in [1.54, 1.807) is 32.2 Å². The summed E-state index contributed by atoms with van der Waals surface area (Å²) >= 11 is 0. The highest BCUT2D eigenvalue weighted by Gasteiger charge is 2.14. The molecule has 1 N–H and O–H groups in total. The third-order valence-electron chi connectivity index (χ3n) is 3.95. The van der Waals surface area contributed by atoms with Crippen LogP contribution in [0.15, 0.2) is 33.9 Å². The van der Waals surface area contributed by atoms with Crippen LogP contribution in [0.5, 0.6) is 0 Å². The highest BCUT2D eigenvalue weighted by molar-refractivity contribution is 5.89. The van der Waals surface area contributed by atoms with Gasteiger partial charge < -0.3 is 9.72 Å². The SMILES string of the molecule is CCOC(=O)c1cccc(Cc2nc3c([nH]2)c(=O)n(C)c(=O)n3C)c1. The molecule has 0 saturated heterocycles. The lowest BCUT2D eigenvalue weighted by molar-refractivity contribution is 0.0526. The number of carbonyl (C=O) groups excluding carboxylic acids is 1. The smallest absolute Gasteiger partial charge is 0.338 e. The van der Waals surface area contributed by atoms with E-state index >= 15 is 0 Å². The normalized spacial score (nSPS) is 11.0. The zero-order chi connectivity index (χ0) is 18.1. The number of aromatic nitrogens is 4. The van der Waals surface area contributed by atoms with Crippen LogP contribution in [0.1, 0.15) is 28.7 Å². The lowest BCUT2D eigenvalue weighted by Gasteiger charge is -2.04. The van der Waals surface area contributed by atoms with Crippen molar-refractivity contribution in [3.8, 4) is 0 Å². The highest BCUT2D eigenvalue weighted by Crippen LogP contribution is 2.12. The van der Waals surface area contributed by atoms with Crippen molar-refractivity contribution in [3.05, 3.63) is 62.1 Å². The van der Waals surface area contributed by atoms with Gasteiger partial charge >= 0.3 is 11.7 Å². The van der Waals surface area contributed by atoms with E-state index in [-0.39, 0.29) is 11.5 Å². The molecule has 0 atom stereocenters. The highest BCUT2D eigenvalue weighted by atomic mass is 16.5. The Balaban J connectivity index is 1.99. The van der Waals surface area contributed by atoms with Crippen LogP contribution < -0.4 is 11.2 Å². The van der Waals surface area contributed by atoms with Crippen LogP contribution >= 0.6 is 0 Å². The maximum absolute atomic E-state index is 12.2. The van der Waals surface area contributed by atoms with Gasteiger partial charge in [0.15, 0.2) is 5.65 Å². The summed E-state index contributed by atoms with van der Waals surface area (Å²) in [5.74, 6) is 0.152. The Kier molecular flexibility index (Phi) is 4.26. The van der Waals surface area contributed by atoms with Gasteiger partial charge in [-0.15, -0.1) is 0 Å². The van der Waals surface area contributed by atoms with Crippen LogP contribution in [-0.4, -0.2) is 31.7 Å². The number of nitrogens with zero attached hydrogens (tertiary/aromatic N) is 3. The summed E-state index contributed by atoms with van der Waals surface area (Å²) < 4.78 is 7.35. The van der Waals surface area contributed by atoms with E-state index in [9.17, 15) is 14.4 Å². The van der Waals surface area contributed by atoms with Gasteiger partial charge in [0.2, 0.25) is 0 Å². The molecule has 130 valence electrons. The lowest BCUT2D eigenvalue weighted by atomic mass is 10.1. The van der Waals surface area contributed by atoms with Crippen LogP contribution in [0.25, 0.3) is 11.2 Å². The molecule has 0 fully saturated rings. The summed E-state index contributed by atoms with van der Waals surface area (Å²) in [6.45, 7) is 2.06. The van der Waals surface area contributed by atoms with Gasteiger partial charge in [0.25, 0.3) is 5.56 Å². The lowest BCUT2D eigenvalue weighted by Crippen LogP contribution is -2.36. The number of hydrogen-bond acceptors (Lipinski definition) is 5. The van der Waals surface area contributed by atoms with Crippen molar-refractivity contribution in [2.45, 2.75) is 13.3 Å². The van der Waals surface area contributed by atoms with Gasteiger partial charge in [-0.2, -0.15) is 0 Å². The number of fused-ring (bicyclic) bond motifs is 1. The summed E-state index contributed by atoms with van der Waals surface area (Å²) in [5, 5.41) is 0. The van der Waals surface area contributed by atoms with E-state index in [0.29, 0.717) is 30.1 Å². The van der Waals surface area contributed by atoms with Crippen molar-refractivity contribution < 1.29 is 9.53 Å². The summed E-state index contributed by atoms with van der Waals surface area (Å²) in [4.78, 5) is 43.3. The molecule has 0 aliphatic carbocycles. The molecule has 2 aromatic heterocycles. The fourth-order valence-electron chi connectivity index (χ4n) is 2.67. The Hall–Kier alpha value is -3.16. The van der Waals surface area contributed by atoms with E-state index in [1.807, 2.05) is 6.07 Å². The number of carbonyl (C=O) groups is 1. The number of esters is 1. The molecular weight excluding hydrogens is 324 g/mol. The molecule has 0 bridgehead atoms. The molecule has 0 aliphatic heterocycles. The molecule has 3 aromatic rings. The van der Waals surface area contributed by atoms with E-state index in [2.05, 4.69) is 9.97 Å². The second kappa shape index (κ2) is 6.39. The quantitative estimate of drug-likeness (QED) is 0.705. The van der Waals surface area contributed by atoms with Crippen LogP contribution in [0, 0.1) is 0 Å². The molecule has 3 rings (SSSR count). The molecule has 25 heavy (non-hydrogen) atoms. The first kappa shape index (κ1) is 16.7. The maximum atomic E-state index is 12.2. The molecule has 0 amide bonds. The molecule has 8 nitrogen and oxygen atoms in total. The standard InChI is InChI=1S/C17H18N4O4/c1-4-25-16(23)11-7-5-6-10(8-11)9-12-18-13-14(19-12)20(2)17(24)21(3)15(13)22/h5-8H,4,9H2,1-3H3,(H,18,19). The second-order valence-corrected chi connectivity index (χ2v) is 5.69. The van der Waals surface area contributed by atoms with Crippen molar-refractivity contribution in [1.82, 2.24) is 19.1 Å². The minimum Gasteiger partial charge on any atom is -0.462 e. The van der Waals surface area contributed by atoms with Gasteiger partial charge in [0, 0.05) is 20.5 Å². The number of ether oxygens (including phenoxy) is 1. The first-order valence-electron chi connectivity index (χ1n) is 7.83. The Morgan fingerprint density at radius 2 is 2.00 bits per heavy atom. The average Bonchev–Trinajstić information content (AvgIpc) is 3.02. The summed E-state index contributed by atoms with van der Waals surface area (Å²) in [6, 6.07) is 7.02. The van der Waals surface area contributed by atoms with Gasteiger partial charge in [0.1, 0.15) is 11.3 Å². The monoisotopic (exact) mass is 342 g/mol. The van der Waals surface area contributed by atoms with Crippen molar-refractivity contribution >= 4 is 17.1 Å². The fourth-order valence-corrected chi connectivity index (χ4v) is 2.67. The largest absolute Gasteiger partial charge is 0.462 e. The molecule has 0 saturated carbocycles. The van der Waals surface area contributed by atoms with Gasteiger partial charge in [-0.25, -0.2) is 14.6 Å². The van der Waals surface area contributed by atoms with Gasteiger partial charge in [-0.05, 0) is 24.6 Å². The Morgan fingerprint density at radius 3 is 2.72 bits per heavy atom. The third-order valence-corrected chi connectivity index (χ3v) is 3.95. The number of nitrogens with one attached hydrogen (secondary N) is 1. The minimum atomic E-state index is -0.431. The summed E-state index contributed by atoms with van der Waals surface area (Å²) in [5.41, 5.74) is 1.04. The molecule has 8 heteroatoms. The topological polar surface area (TPSA) is 99.0 Å². The summed E-state index contributed by atoms with van der Waals surface area (Å²) in [6.07, 6.45) is 0.388. The summed E-state index contributed by atoms with van der Waals surface area (Å²) in [7, 11) is 2.99. The van der Waals surface area contributed by atoms with Crippen LogP contribution in [0.2, 0.25) is 0 Å². The zero-order valence-electron chi connectivity index (χ0n) is 14.2. The van der Waals surface area contributed by atoms with Crippen molar-refractivity contribution in [2.24, 2.45) is 14.1 Å². The first-order valence-corrected chi connectivity index (χ1v) is 7.83. The fraction of sp³-hybridized carbons (Fsp3) is 0.294. The molecule has 1 aromatic carbocycles. The number of rotatable bonds is 4. The van der Waals surface area contributed by atoms with Gasteiger partial charge in [-0.3, -0.25) is 13.9 Å². The number of aryl methyl sites for hydroxylation is 1. The zero-order valence-corrected chi connectivity index (χ0v) is 14.2. The van der Waals surface area contributed by atoms with Crippen LogP contribution in [-0.2, 0) is 25.3 Å². The molecule has 0 radical (unpaired) electrons. The predicted molar refractivity (Wildman–Crippen MR) is 91.8 cm³/mol.